The van der Waals surface area contributed by atoms with Crippen molar-refractivity contribution in [2.75, 3.05) is 26.2 Å². The first kappa shape index (κ1) is 13.8. The van der Waals surface area contributed by atoms with Crippen molar-refractivity contribution in [1.29, 1.82) is 0 Å². The molecular formula is C14H19FN2O2. The summed E-state index contributed by atoms with van der Waals surface area (Å²) in [4.78, 5) is 11.5. The van der Waals surface area contributed by atoms with E-state index in [1.807, 2.05) is 0 Å². The number of nitrogens with one attached hydrogen (secondary N) is 2. The molecule has 1 heterocycles. The van der Waals surface area contributed by atoms with Gasteiger partial charge in [-0.3, -0.25) is 4.79 Å². The molecule has 1 saturated heterocycles. The fraction of sp³-hybridized carbons (Fsp3) is 0.500. The number of halogens is 1. The smallest absolute Gasteiger partial charge is 0.257 e. The maximum Gasteiger partial charge on any atom is 0.257 e. The van der Waals surface area contributed by atoms with Crippen LogP contribution in [0.1, 0.15) is 12.8 Å². The molecule has 5 heteroatoms. The van der Waals surface area contributed by atoms with Gasteiger partial charge in [-0.25, -0.2) is 4.39 Å². The van der Waals surface area contributed by atoms with Gasteiger partial charge in [0.05, 0.1) is 0 Å². The van der Waals surface area contributed by atoms with E-state index in [2.05, 4.69) is 10.6 Å². The highest BCUT2D eigenvalue weighted by molar-refractivity contribution is 5.77. The van der Waals surface area contributed by atoms with Crippen LogP contribution in [0.15, 0.2) is 24.3 Å². The van der Waals surface area contributed by atoms with Gasteiger partial charge in [-0.15, -0.1) is 0 Å². The average molecular weight is 266 g/mol. The highest BCUT2D eigenvalue weighted by Gasteiger charge is 2.14. The van der Waals surface area contributed by atoms with Crippen molar-refractivity contribution in [1.82, 2.24) is 10.6 Å². The van der Waals surface area contributed by atoms with Crippen LogP contribution < -0.4 is 15.4 Å². The van der Waals surface area contributed by atoms with Crippen LogP contribution in [0.25, 0.3) is 0 Å². The number of amides is 1. The minimum atomic E-state index is -0.318. The van der Waals surface area contributed by atoms with Crippen LogP contribution in [-0.4, -0.2) is 32.1 Å². The third-order valence-electron chi connectivity index (χ3n) is 3.22. The van der Waals surface area contributed by atoms with Gasteiger partial charge < -0.3 is 15.4 Å². The Hall–Kier alpha value is -1.62. The van der Waals surface area contributed by atoms with Gasteiger partial charge in [0.25, 0.3) is 5.91 Å². The Bertz CT molecular complexity index is 402. The van der Waals surface area contributed by atoms with E-state index < -0.39 is 0 Å². The van der Waals surface area contributed by atoms with E-state index in [0.717, 1.165) is 19.5 Å². The quantitative estimate of drug-likeness (QED) is 0.816. The molecule has 0 spiro atoms. The van der Waals surface area contributed by atoms with E-state index in [0.29, 0.717) is 18.2 Å². The molecule has 1 atom stereocenters. The van der Waals surface area contributed by atoms with Gasteiger partial charge in [-0.2, -0.15) is 0 Å². The molecule has 2 N–H and O–H groups in total. The zero-order chi connectivity index (χ0) is 13.5. The second-order valence-electron chi connectivity index (χ2n) is 4.74. The van der Waals surface area contributed by atoms with Gasteiger partial charge >= 0.3 is 0 Å². The van der Waals surface area contributed by atoms with E-state index in [1.165, 1.54) is 30.7 Å². The summed E-state index contributed by atoms with van der Waals surface area (Å²) in [6.45, 7) is 2.76. The lowest BCUT2D eigenvalue weighted by atomic mass is 10.1. The summed E-state index contributed by atoms with van der Waals surface area (Å²) in [5.41, 5.74) is 0. The predicted octanol–water partition coefficient (Wildman–Crippen LogP) is 1.32. The highest BCUT2D eigenvalue weighted by atomic mass is 19.1. The van der Waals surface area contributed by atoms with E-state index in [1.54, 1.807) is 0 Å². The van der Waals surface area contributed by atoms with Gasteiger partial charge in [0.15, 0.2) is 6.61 Å². The molecule has 104 valence electrons. The minimum absolute atomic E-state index is 0.0332. The second-order valence-corrected chi connectivity index (χ2v) is 4.74. The first-order valence-corrected chi connectivity index (χ1v) is 6.60. The molecule has 0 aliphatic carbocycles. The Morgan fingerprint density at radius 2 is 2.21 bits per heavy atom. The molecule has 1 fully saturated rings. The van der Waals surface area contributed by atoms with E-state index >= 15 is 0 Å². The molecule has 4 nitrogen and oxygen atoms in total. The molecule has 1 unspecified atom stereocenters. The molecule has 1 aromatic carbocycles. The Labute approximate surface area is 112 Å². The number of benzene rings is 1. The molecule has 0 radical (unpaired) electrons. The summed E-state index contributed by atoms with van der Waals surface area (Å²) in [5, 5.41) is 6.12. The zero-order valence-corrected chi connectivity index (χ0v) is 10.8. The lowest BCUT2D eigenvalue weighted by Gasteiger charge is -2.10. The number of carbonyl (C=O) groups excluding carboxylic acids is 1. The van der Waals surface area contributed by atoms with Crippen LogP contribution in [0.4, 0.5) is 4.39 Å². The fourth-order valence-corrected chi connectivity index (χ4v) is 2.11. The molecule has 0 aromatic heterocycles. The first-order valence-electron chi connectivity index (χ1n) is 6.60. The maximum absolute atomic E-state index is 12.7. The third-order valence-corrected chi connectivity index (χ3v) is 3.22. The number of carbonyl (C=O) groups is 1. The van der Waals surface area contributed by atoms with Crippen molar-refractivity contribution in [3.8, 4) is 5.75 Å². The molecular weight excluding hydrogens is 247 g/mol. The molecule has 1 amide bonds. The zero-order valence-electron chi connectivity index (χ0n) is 10.8. The van der Waals surface area contributed by atoms with Crippen LogP contribution in [0.3, 0.4) is 0 Å². The van der Waals surface area contributed by atoms with Crippen molar-refractivity contribution in [3.63, 3.8) is 0 Å². The van der Waals surface area contributed by atoms with Crippen LogP contribution in [0.5, 0.6) is 5.75 Å². The normalized spacial score (nSPS) is 18.3. The van der Waals surface area contributed by atoms with Crippen LogP contribution >= 0.6 is 0 Å². The largest absolute Gasteiger partial charge is 0.484 e. The van der Waals surface area contributed by atoms with Crippen molar-refractivity contribution >= 4 is 5.91 Å². The minimum Gasteiger partial charge on any atom is -0.484 e. The SMILES string of the molecule is O=C(COc1ccc(F)cc1)NCCC1CCNC1. The molecule has 1 aliphatic heterocycles. The first-order chi connectivity index (χ1) is 9.24. The molecule has 19 heavy (non-hydrogen) atoms. The molecule has 1 aliphatic rings. The monoisotopic (exact) mass is 266 g/mol. The summed E-state index contributed by atoms with van der Waals surface area (Å²) in [6, 6.07) is 5.63. The lowest BCUT2D eigenvalue weighted by molar-refractivity contribution is -0.123. The fourth-order valence-electron chi connectivity index (χ4n) is 2.11. The van der Waals surface area contributed by atoms with E-state index in [4.69, 9.17) is 4.74 Å². The van der Waals surface area contributed by atoms with Gasteiger partial charge in [-0.1, -0.05) is 0 Å². The Morgan fingerprint density at radius 1 is 1.42 bits per heavy atom. The summed E-state index contributed by atoms with van der Waals surface area (Å²) < 4.78 is 17.9. The van der Waals surface area contributed by atoms with E-state index in [9.17, 15) is 9.18 Å². The number of hydrogen-bond donors (Lipinski definition) is 2. The average Bonchev–Trinajstić information content (AvgIpc) is 2.91. The van der Waals surface area contributed by atoms with Crippen LogP contribution in [0, 0.1) is 11.7 Å². The Kier molecular flexibility index (Phi) is 5.15. The maximum atomic E-state index is 12.7. The van der Waals surface area contributed by atoms with Gasteiger partial charge in [-0.05, 0) is 56.1 Å². The number of rotatable bonds is 6. The van der Waals surface area contributed by atoms with E-state index in [-0.39, 0.29) is 18.3 Å². The molecule has 0 bridgehead atoms. The Balaban J connectivity index is 1.60. The molecule has 2 rings (SSSR count). The Morgan fingerprint density at radius 3 is 2.89 bits per heavy atom. The topological polar surface area (TPSA) is 50.4 Å². The summed E-state index contributed by atoms with van der Waals surface area (Å²) in [6.07, 6.45) is 2.18. The summed E-state index contributed by atoms with van der Waals surface area (Å²) in [7, 11) is 0. The number of hydrogen-bond acceptors (Lipinski definition) is 3. The standard InChI is InChI=1S/C14H19FN2O2/c15-12-1-3-13(4-2-12)19-10-14(18)17-8-6-11-5-7-16-9-11/h1-4,11,16H,5-10H2,(H,17,18). The summed E-state index contributed by atoms with van der Waals surface area (Å²) in [5.74, 6) is 0.701. The van der Waals surface area contributed by atoms with Crippen molar-refractivity contribution in [3.05, 3.63) is 30.1 Å². The van der Waals surface area contributed by atoms with Gasteiger partial charge in [0, 0.05) is 6.54 Å². The molecule has 1 aromatic rings. The third kappa shape index (κ3) is 4.87. The number of ether oxygens (including phenoxy) is 1. The predicted molar refractivity (Wildman–Crippen MR) is 70.5 cm³/mol. The van der Waals surface area contributed by atoms with Gasteiger partial charge in [0.1, 0.15) is 11.6 Å². The van der Waals surface area contributed by atoms with Crippen molar-refractivity contribution in [2.24, 2.45) is 5.92 Å². The second kappa shape index (κ2) is 7.09. The van der Waals surface area contributed by atoms with Crippen LogP contribution in [0.2, 0.25) is 0 Å². The highest BCUT2D eigenvalue weighted by Crippen LogP contribution is 2.11. The lowest BCUT2D eigenvalue weighted by Crippen LogP contribution is -2.30. The van der Waals surface area contributed by atoms with Crippen molar-refractivity contribution in [2.45, 2.75) is 12.8 Å². The van der Waals surface area contributed by atoms with Crippen molar-refractivity contribution < 1.29 is 13.9 Å². The van der Waals surface area contributed by atoms with Gasteiger partial charge in [0.2, 0.25) is 0 Å². The van der Waals surface area contributed by atoms with Crippen LogP contribution in [-0.2, 0) is 4.79 Å². The summed E-state index contributed by atoms with van der Waals surface area (Å²) >= 11 is 0. The molecule has 0 saturated carbocycles.